The number of hydrogen-bond donors (Lipinski definition) is 2. The minimum atomic E-state index is -0.910. The Bertz CT molecular complexity index is 1080. The number of carbonyl (C=O) groups is 2. The van der Waals surface area contributed by atoms with E-state index in [-0.39, 0.29) is 11.7 Å². The van der Waals surface area contributed by atoms with Gasteiger partial charge in [0.25, 0.3) is 11.8 Å². The summed E-state index contributed by atoms with van der Waals surface area (Å²) in [5.74, 6) is 0.147. The lowest BCUT2D eigenvalue weighted by Gasteiger charge is -2.28. The standard InChI is InChI=1S/C22H20N4O3/c1-29-18-11-5-4-9-16(18)19(21(27)25-20-17(23)10-6-12-24-20)26-13-14-7-2-3-8-15(14)22(26)28/h2-12,19H,13,23H2,1H3,(H,24,25,27). The van der Waals surface area contributed by atoms with Gasteiger partial charge in [-0.2, -0.15) is 0 Å². The predicted molar refractivity (Wildman–Crippen MR) is 109 cm³/mol. The van der Waals surface area contributed by atoms with Crippen molar-refractivity contribution in [1.82, 2.24) is 9.88 Å². The summed E-state index contributed by atoms with van der Waals surface area (Å²) in [5.41, 5.74) is 8.33. The Balaban J connectivity index is 1.75. The number of pyridine rings is 1. The summed E-state index contributed by atoms with van der Waals surface area (Å²) < 4.78 is 5.46. The van der Waals surface area contributed by atoms with Gasteiger partial charge in [0.05, 0.1) is 12.8 Å². The van der Waals surface area contributed by atoms with Crippen LogP contribution in [0.15, 0.2) is 66.9 Å². The van der Waals surface area contributed by atoms with Crippen molar-refractivity contribution in [3.05, 3.63) is 83.6 Å². The maximum atomic E-state index is 13.4. The maximum absolute atomic E-state index is 13.4. The van der Waals surface area contributed by atoms with Gasteiger partial charge < -0.3 is 20.7 Å². The third kappa shape index (κ3) is 3.38. The third-order valence-corrected chi connectivity index (χ3v) is 4.92. The van der Waals surface area contributed by atoms with Gasteiger partial charge in [-0.05, 0) is 29.8 Å². The van der Waals surface area contributed by atoms with Crippen LogP contribution in [0.25, 0.3) is 0 Å². The van der Waals surface area contributed by atoms with E-state index in [4.69, 9.17) is 10.5 Å². The molecule has 3 aromatic rings. The van der Waals surface area contributed by atoms with Gasteiger partial charge in [0.1, 0.15) is 11.8 Å². The van der Waals surface area contributed by atoms with E-state index in [2.05, 4.69) is 10.3 Å². The normalized spacial score (nSPS) is 13.7. The zero-order valence-electron chi connectivity index (χ0n) is 15.8. The van der Waals surface area contributed by atoms with Gasteiger partial charge in [0, 0.05) is 23.9 Å². The Hall–Kier alpha value is -3.87. The van der Waals surface area contributed by atoms with Gasteiger partial charge in [-0.1, -0.05) is 36.4 Å². The number of rotatable bonds is 5. The second kappa shape index (κ2) is 7.63. The molecule has 0 saturated heterocycles. The summed E-state index contributed by atoms with van der Waals surface area (Å²) in [7, 11) is 1.53. The molecule has 146 valence electrons. The number of carbonyl (C=O) groups excluding carboxylic acids is 2. The molecule has 1 atom stereocenters. The zero-order chi connectivity index (χ0) is 20.4. The molecule has 1 aromatic heterocycles. The molecule has 0 radical (unpaired) electrons. The average molecular weight is 388 g/mol. The first-order valence-corrected chi connectivity index (χ1v) is 9.13. The number of nitrogens with two attached hydrogens (primary N) is 1. The highest BCUT2D eigenvalue weighted by Gasteiger charge is 2.38. The first kappa shape index (κ1) is 18.5. The lowest BCUT2D eigenvalue weighted by molar-refractivity contribution is -0.120. The molecule has 7 nitrogen and oxygen atoms in total. The Morgan fingerprint density at radius 1 is 1.14 bits per heavy atom. The quantitative estimate of drug-likeness (QED) is 0.700. The lowest BCUT2D eigenvalue weighted by Crippen LogP contribution is -2.38. The van der Waals surface area contributed by atoms with Crippen LogP contribution in [0.3, 0.4) is 0 Å². The number of para-hydroxylation sites is 1. The van der Waals surface area contributed by atoms with Gasteiger partial charge in [-0.15, -0.1) is 0 Å². The molecule has 0 saturated carbocycles. The highest BCUT2D eigenvalue weighted by Crippen LogP contribution is 2.36. The molecule has 4 rings (SSSR count). The first-order valence-electron chi connectivity index (χ1n) is 9.13. The molecular formula is C22H20N4O3. The SMILES string of the molecule is COc1ccccc1C(C(=O)Nc1ncccc1N)N1Cc2ccccc2C1=O. The second-order valence-corrected chi connectivity index (χ2v) is 6.67. The minimum absolute atomic E-state index is 0.208. The minimum Gasteiger partial charge on any atom is -0.496 e. The molecule has 1 unspecified atom stereocenters. The van der Waals surface area contributed by atoms with Gasteiger partial charge in [0.2, 0.25) is 0 Å². The van der Waals surface area contributed by atoms with Crippen LogP contribution in [0, 0.1) is 0 Å². The number of benzene rings is 2. The van der Waals surface area contributed by atoms with E-state index in [1.165, 1.54) is 12.0 Å². The van der Waals surface area contributed by atoms with E-state index in [0.29, 0.717) is 29.1 Å². The van der Waals surface area contributed by atoms with Crippen molar-refractivity contribution in [3.63, 3.8) is 0 Å². The van der Waals surface area contributed by atoms with Crippen LogP contribution in [-0.4, -0.2) is 28.8 Å². The van der Waals surface area contributed by atoms with E-state index >= 15 is 0 Å². The topological polar surface area (TPSA) is 97.5 Å². The molecule has 1 aliphatic rings. The smallest absolute Gasteiger partial charge is 0.255 e. The molecular weight excluding hydrogens is 368 g/mol. The Kier molecular flexibility index (Phi) is 4.87. The number of nitrogen functional groups attached to an aromatic ring is 1. The van der Waals surface area contributed by atoms with Crippen LogP contribution >= 0.6 is 0 Å². The van der Waals surface area contributed by atoms with Crippen molar-refractivity contribution in [3.8, 4) is 5.75 Å². The number of hydrogen-bond acceptors (Lipinski definition) is 5. The molecule has 0 spiro atoms. The number of anilines is 2. The number of ether oxygens (including phenoxy) is 1. The lowest BCUT2D eigenvalue weighted by atomic mass is 10.0. The molecule has 0 fully saturated rings. The molecule has 2 amide bonds. The highest BCUT2D eigenvalue weighted by molar-refractivity contribution is 6.04. The van der Waals surface area contributed by atoms with Crippen LogP contribution in [0.2, 0.25) is 0 Å². The van der Waals surface area contributed by atoms with Gasteiger partial charge >= 0.3 is 0 Å². The van der Waals surface area contributed by atoms with Crippen LogP contribution in [-0.2, 0) is 11.3 Å². The van der Waals surface area contributed by atoms with Gasteiger partial charge in [-0.3, -0.25) is 9.59 Å². The van der Waals surface area contributed by atoms with Crippen LogP contribution in [0.5, 0.6) is 5.75 Å². The summed E-state index contributed by atoms with van der Waals surface area (Å²) in [6, 6.07) is 16.9. The highest BCUT2D eigenvalue weighted by atomic mass is 16.5. The van der Waals surface area contributed by atoms with Crippen molar-refractivity contribution in [2.24, 2.45) is 0 Å². The fourth-order valence-electron chi connectivity index (χ4n) is 3.54. The number of nitrogens with zero attached hydrogens (tertiary/aromatic N) is 2. The van der Waals surface area contributed by atoms with Crippen molar-refractivity contribution < 1.29 is 14.3 Å². The van der Waals surface area contributed by atoms with Crippen molar-refractivity contribution in [2.45, 2.75) is 12.6 Å². The number of nitrogens with one attached hydrogen (secondary N) is 1. The molecule has 29 heavy (non-hydrogen) atoms. The third-order valence-electron chi connectivity index (χ3n) is 4.92. The fraction of sp³-hybridized carbons (Fsp3) is 0.136. The van der Waals surface area contributed by atoms with Crippen LogP contribution in [0.4, 0.5) is 11.5 Å². The average Bonchev–Trinajstić information content (AvgIpc) is 3.07. The Labute approximate surface area is 168 Å². The zero-order valence-corrected chi connectivity index (χ0v) is 15.8. The van der Waals surface area contributed by atoms with E-state index in [1.807, 2.05) is 24.3 Å². The first-order chi connectivity index (χ1) is 14.1. The number of methoxy groups -OCH3 is 1. The number of fused-ring (bicyclic) bond motifs is 1. The summed E-state index contributed by atoms with van der Waals surface area (Å²) in [6.45, 7) is 0.322. The fourth-order valence-corrected chi connectivity index (χ4v) is 3.54. The van der Waals surface area contributed by atoms with Gasteiger partial charge in [0.15, 0.2) is 5.82 Å². The molecule has 3 N–H and O–H groups in total. The molecule has 0 bridgehead atoms. The van der Waals surface area contributed by atoms with Gasteiger partial charge in [-0.25, -0.2) is 4.98 Å². The summed E-state index contributed by atoms with van der Waals surface area (Å²) >= 11 is 0. The second-order valence-electron chi connectivity index (χ2n) is 6.67. The molecule has 2 aromatic carbocycles. The number of aromatic nitrogens is 1. The Morgan fingerprint density at radius 3 is 2.66 bits per heavy atom. The van der Waals surface area contributed by atoms with E-state index in [0.717, 1.165) is 5.56 Å². The molecule has 2 heterocycles. The maximum Gasteiger partial charge on any atom is 0.255 e. The largest absolute Gasteiger partial charge is 0.496 e. The Morgan fingerprint density at radius 2 is 1.90 bits per heavy atom. The van der Waals surface area contributed by atoms with E-state index in [1.54, 1.807) is 42.6 Å². The summed E-state index contributed by atoms with van der Waals surface area (Å²) in [5, 5.41) is 2.76. The summed E-state index contributed by atoms with van der Waals surface area (Å²) in [6.07, 6.45) is 1.54. The number of amides is 2. The van der Waals surface area contributed by atoms with Crippen LogP contribution in [0.1, 0.15) is 27.5 Å². The van der Waals surface area contributed by atoms with Crippen molar-refractivity contribution in [1.29, 1.82) is 0 Å². The molecule has 7 heteroatoms. The van der Waals surface area contributed by atoms with Crippen molar-refractivity contribution in [2.75, 3.05) is 18.2 Å². The monoisotopic (exact) mass is 388 g/mol. The summed E-state index contributed by atoms with van der Waals surface area (Å²) in [4.78, 5) is 32.1. The van der Waals surface area contributed by atoms with Crippen molar-refractivity contribution >= 4 is 23.3 Å². The van der Waals surface area contributed by atoms with E-state index < -0.39 is 11.9 Å². The van der Waals surface area contributed by atoms with Crippen LogP contribution < -0.4 is 15.8 Å². The molecule has 1 aliphatic heterocycles. The molecule has 0 aliphatic carbocycles. The van der Waals surface area contributed by atoms with E-state index in [9.17, 15) is 9.59 Å². The predicted octanol–water partition coefficient (Wildman–Crippen LogP) is 3.01.